The van der Waals surface area contributed by atoms with Gasteiger partial charge in [0.15, 0.2) is 0 Å². The van der Waals surface area contributed by atoms with Crippen molar-refractivity contribution in [3.63, 3.8) is 0 Å². The van der Waals surface area contributed by atoms with Gasteiger partial charge in [0, 0.05) is 0 Å². The molecule has 0 N–H and O–H groups in total. The molecule has 1 rings (SSSR count). The van der Waals surface area contributed by atoms with E-state index in [-0.39, 0.29) is 0 Å². The van der Waals surface area contributed by atoms with Gasteiger partial charge < -0.3 is 0 Å². The van der Waals surface area contributed by atoms with E-state index in [9.17, 15) is 4.79 Å². The zero-order valence-corrected chi connectivity index (χ0v) is 7.03. The van der Waals surface area contributed by atoms with Gasteiger partial charge in [-0.05, 0) is 0 Å². The second-order valence-electron chi connectivity index (χ2n) is 1.68. The van der Waals surface area contributed by atoms with E-state index in [0.717, 1.165) is 6.42 Å². The van der Waals surface area contributed by atoms with E-state index in [2.05, 4.69) is 9.72 Å². The summed E-state index contributed by atoms with van der Waals surface area (Å²) in [6.07, 6.45) is 2.67. The maximum atomic E-state index is 9.71. The van der Waals surface area contributed by atoms with Crippen LogP contribution in [0, 0.1) is 0 Å². The Morgan fingerprint density at radius 3 is 3.30 bits per heavy atom. The number of hydrogen-bond donors (Lipinski definition) is 0. The summed E-state index contributed by atoms with van der Waals surface area (Å²) in [5, 5.41) is 1.91. The van der Waals surface area contributed by atoms with Gasteiger partial charge in [0.25, 0.3) is 0 Å². The third-order valence-electron chi connectivity index (χ3n) is 1.02. The van der Waals surface area contributed by atoms with E-state index in [0.29, 0.717) is 27.6 Å². The number of ether oxygens (including phenoxy) is 1. The number of carbonyl (C=O) groups is 1. The summed E-state index contributed by atoms with van der Waals surface area (Å²) < 4.78 is 5.81. The molecule has 10 heavy (non-hydrogen) atoms. The summed E-state index contributed by atoms with van der Waals surface area (Å²) in [7, 11) is 0. The van der Waals surface area contributed by atoms with E-state index in [4.69, 9.17) is 0 Å². The van der Waals surface area contributed by atoms with Crippen LogP contribution in [0.4, 0.5) is 0 Å². The van der Waals surface area contributed by atoms with E-state index in [1.165, 1.54) is 4.44 Å². The Kier molecular flexibility index (Phi) is 3.19. The molecule has 0 saturated carbocycles. The van der Waals surface area contributed by atoms with Crippen LogP contribution in [0.2, 0.25) is 0 Å². The normalized spacial score (nSPS) is 9.20. The molecule has 3 nitrogen and oxygen atoms in total. The first-order valence-electron chi connectivity index (χ1n) is 2.86. The van der Waals surface area contributed by atoms with Crippen molar-refractivity contribution >= 4 is 21.0 Å². The molecule has 0 amide bonds. The Morgan fingerprint density at radius 1 is 1.80 bits per heavy atom. The first-order valence-corrected chi connectivity index (χ1v) is 4.70. The Labute approximate surface area is 64.8 Å². The average Bonchev–Trinajstić information content (AvgIpc) is 2.41. The van der Waals surface area contributed by atoms with Crippen LogP contribution in [0.3, 0.4) is 0 Å². The summed E-state index contributed by atoms with van der Waals surface area (Å²) >= 11 is 0.409. The molecule has 1 heterocycles. The molecule has 0 aliphatic carbocycles. The van der Waals surface area contributed by atoms with Crippen molar-refractivity contribution in [2.24, 2.45) is 0 Å². The predicted molar refractivity (Wildman–Crippen MR) is 36.9 cm³/mol. The van der Waals surface area contributed by atoms with Gasteiger partial charge in [0.1, 0.15) is 0 Å². The van der Waals surface area contributed by atoms with Gasteiger partial charge in [-0.15, -0.1) is 0 Å². The van der Waals surface area contributed by atoms with Crippen LogP contribution in [0.1, 0.15) is 4.44 Å². The number of carbonyl (C=O) groups excluding carboxylic acids is 1. The van der Waals surface area contributed by atoms with Crippen LogP contribution in [-0.2, 0) is 16.0 Å². The van der Waals surface area contributed by atoms with E-state index >= 15 is 0 Å². The average molecular weight is 204 g/mol. The van der Waals surface area contributed by atoms with Gasteiger partial charge in [0.2, 0.25) is 0 Å². The summed E-state index contributed by atoms with van der Waals surface area (Å²) in [5.74, 6) is 0. The summed E-state index contributed by atoms with van der Waals surface area (Å²) in [5.41, 5.74) is 0. The van der Waals surface area contributed by atoms with Gasteiger partial charge in [-0.2, -0.15) is 0 Å². The number of nitrogens with zero attached hydrogens (tertiary/aromatic N) is 1. The van der Waals surface area contributed by atoms with Crippen LogP contribution < -0.4 is 0 Å². The molecule has 1 aromatic rings. The molecule has 0 aliphatic rings. The molecule has 0 spiro atoms. The topological polar surface area (TPSA) is 39.2 Å². The van der Waals surface area contributed by atoms with Gasteiger partial charge in [-0.3, -0.25) is 0 Å². The Bertz CT molecular complexity index is 186. The van der Waals surface area contributed by atoms with Crippen LogP contribution in [0.15, 0.2) is 11.3 Å². The third-order valence-corrected chi connectivity index (χ3v) is 2.78. The molecule has 4 heteroatoms. The van der Waals surface area contributed by atoms with E-state index < -0.39 is 0 Å². The quantitative estimate of drug-likeness (QED) is 0.389. The van der Waals surface area contributed by atoms with Gasteiger partial charge in [-0.1, -0.05) is 0 Å². The van der Waals surface area contributed by atoms with Crippen molar-refractivity contribution in [3.8, 4) is 0 Å². The molecular weight excluding hydrogens is 197 g/mol. The molecule has 0 aliphatic heterocycles. The molecule has 0 radical (unpaired) electrons. The summed E-state index contributed by atoms with van der Waals surface area (Å²) in [6.45, 7) is 0.962. The van der Waals surface area contributed by atoms with Gasteiger partial charge in [0.05, 0.1) is 0 Å². The fourth-order valence-corrected chi connectivity index (χ4v) is 1.79. The first kappa shape index (κ1) is 7.51. The molecule has 54 valence electrons. The zero-order valence-electron chi connectivity index (χ0n) is 5.32. The van der Waals surface area contributed by atoms with Crippen molar-refractivity contribution in [1.82, 2.24) is 4.98 Å². The molecule has 0 aromatic carbocycles. The van der Waals surface area contributed by atoms with E-state index in [1.54, 1.807) is 0 Å². The van der Waals surface area contributed by atoms with Gasteiger partial charge in [-0.25, -0.2) is 0 Å². The molecule has 0 saturated heterocycles. The number of rotatable bonds is 4. The Hall–Kier alpha value is -0.601. The van der Waals surface area contributed by atoms with Crippen molar-refractivity contribution < 1.29 is 9.53 Å². The van der Waals surface area contributed by atoms with Crippen LogP contribution in [0.25, 0.3) is 0 Å². The second-order valence-corrected chi connectivity index (χ2v) is 3.72. The second kappa shape index (κ2) is 4.25. The van der Waals surface area contributed by atoms with Crippen molar-refractivity contribution in [1.29, 1.82) is 0 Å². The van der Waals surface area contributed by atoms with Crippen molar-refractivity contribution in [3.05, 3.63) is 15.7 Å². The fraction of sp³-hybridized carbons (Fsp3) is 0.333. The third kappa shape index (κ3) is 2.33. The summed E-state index contributed by atoms with van der Waals surface area (Å²) in [4.78, 5) is 13.7. The van der Waals surface area contributed by atoms with Crippen molar-refractivity contribution in [2.45, 2.75) is 6.42 Å². The standard InChI is InChI=1S/C6H7NO2Se/c8-5-9-2-1-6-3-7-4-10-6/h3-5H,1-2H2. The van der Waals surface area contributed by atoms with E-state index in [1.807, 2.05) is 11.3 Å². The Morgan fingerprint density at radius 2 is 2.70 bits per heavy atom. The van der Waals surface area contributed by atoms with Crippen LogP contribution >= 0.6 is 0 Å². The Balaban J connectivity index is 2.21. The number of hydrogen-bond acceptors (Lipinski definition) is 3. The molecule has 1 aromatic heterocycles. The first-order chi connectivity index (χ1) is 4.93. The molecule has 0 fully saturated rings. The molecule has 0 unspecified atom stereocenters. The van der Waals surface area contributed by atoms with Crippen LogP contribution in [-0.4, -0.2) is 32.6 Å². The molecule has 0 bridgehead atoms. The minimum absolute atomic E-state index is 0.409. The zero-order chi connectivity index (χ0) is 7.23. The molecular formula is C6H7NO2Se. The van der Waals surface area contributed by atoms with Crippen LogP contribution in [0.5, 0.6) is 0 Å². The fourth-order valence-electron chi connectivity index (χ4n) is 0.573. The van der Waals surface area contributed by atoms with Gasteiger partial charge >= 0.3 is 64.2 Å². The maximum absolute atomic E-state index is 9.71. The SMILES string of the molecule is O=COCCc1cnc[se]1. The minimum atomic E-state index is 0.409. The summed E-state index contributed by atoms with van der Waals surface area (Å²) in [6, 6.07) is 0. The molecule has 0 atom stereocenters. The monoisotopic (exact) mass is 205 g/mol. The number of aromatic nitrogens is 1. The van der Waals surface area contributed by atoms with Crippen molar-refractivity contribution in [2.75, 3.05) is 6.61 Å². The predicted octanol–water partition coefficient (Wildman–Crippen LogP) is -0.146.